The van der Waals surface area contributed by atoms with Crippen molar-refractivity contribution in [3.05, 3.63) is 0 Å². The van der Waals surface area contributed by atoms with Crippen molar-refractivity contribution >= 4 is 5.91 Å². The summed E-state index contributed by atoms with van der Waals surface area (Å²) in [5, 5.41) is 3.54. The Hall–Kier alpha value is -0.610. The van der Waals surface area contributed by atoms with Crippen LogP contribution in [-0.4, -0.2) is 42.8 Å². The molecule has 4 heteroatoms. The molecule has 1 amide bonds. The number of hydrogen-bond donors (Lipinski definition) is 1. The van der Waals surface area contributed by atoms with E-state index in [0.717, 1.165) is 45.4 Å². The molecule has 0 spiro atoms. The van der Waals surface area contributed by atoms with Crippen molar-refractivity contribution in [1.82, 2.24) is 10.2 Å². The monoisotopic (exact) mass is 298 g/mol. The first-order chi connectivity index (χ1) is 9.95. The van der Waals surface area contributed by atoms with Gasteiger partial charge in [0.05, 0.1) is 12.2 Å². The molecule has 1 saturated heterocycles. The van der Waals surface area contributed by atoms with Gasteiger partial charge in [0, 0.05) is 19.8 Å². The highest BCUT2D eigenvalue weighted by molar-refractivity contribution is 5.84. The van der Waals surface area contributed by atoms with Gasteiger partial charge in [0.15, 0.2) is 0 Å². The zero-order valence-corrected chi connectivity index (χ0v) is 14.5. The van der Waals surface area contributed by atoms with Gasteiger partial charge in [-0.1, -0.05) is 34.6 Å². The Morgan fingerprint density at radius 3 is 2.38 bits per heavy atom. The highest BCUT2D eigenvalue weighted by Crippen LogP contribution is 2.21. The van der Waals surface area contributed by atoms with E-state index in [1.165, 1.54) is 0 Å². The first-order valence-corrected chi connectivity index (χ1v) is 8.60. The van der Waals surface area contributed by atoms with Gasteiger partial charge in [0.25, 0.3) is 0 Å². The van der Waals surface area contributed by atoms with Crippen molar-refractivity contribution in [2.45, 2.75) is 72.5 Å². The zero-order chi connectivity index (χ0) is 15.8. The Labute approximate surface area is 130 Å². The summed E-state index contributed by atoms with van der Waals surface area (Å²) < 4.78 is 5.53. The lowest BCUT2D eigenvalue weighted by molar-refractivity contribution is -0.130. The topological polar surface area (TPSA) is 41.6 Å². The fraction of sp³-hybridized carbons (Fsp3) is 0.941. The van der Waals surface area contributed by atoms with Gasteiger partial charge in [-0.05, 0) is 37.5 Å². The van der Waals surface area contributed by atoms with E-state index in [1.54, 1.807) is 0 Å². The molecule has 21 heavy (non-hydrogen) atoms. The number of nitrogens with zero attached hydrogens (tertiary/aromatic N) is 1. The normalized spacial score (nSPS) is 22.8. The van der Waals surface area contributed by atoms with Crippen molar-refractivity contribution in [2.75, 3.05) is 19.8 Å². The van der Waals surface area contributed by atoms with Gasteiger partial charge in [-0.25, -0.2) is 0 Å². The number of nitrogens with one attached hydrogen (secondary N) is 1. The van der Waals surface area contributed by atoms with E-state index in [0.29, 0.717) is 11.8 Å². The predicted octanol–water partition coefficient (Wildman–Crippen LogP) is 3.02. The number of amides is 1. The molecule has 0 aliphatic carbocycles. The molecule has 0 aromatic rings. The lowest BCUT2D eigenvalue weighted by atomic mass is 10.0. The summed E-state index contributed by atoms with van der Waals surface area (Å²) in [6.07, 6.45) is 4.13. The molecule has 0 aromatic heterocycles. The third kappa shape index (κ3) is 6.35. The van der Waals surface area contributed by atoms with Gasteiger partial charge in [-0.3, -0.25) is 10.1 Å². The SMILES string of the molecule is CCCOCCCN1C(=O)C(CC(C)C)NC1CC(C)C. The molecule has 1 aliphatic rings. The number of ether oxygens (including phenoxy) is 1. The molecule has 1 heterocycles. The fourth-order valence-corrected chi connectivity index (χ4v) is 2.88. The second kappa shape index (κ2) is 9.42. The number of rotatable bonds is 10. The molecule has 0 radical (unpaired) electrons. The summed E-state index contributed by atoms with van der Waals surface area (Å²) >= 11 is 0. The van der Waals surface area contributed by atoms with Crippen molar-refractivity contribution in [2.24, 2.45) is 11.8 Å². The molecular weight excluding hydrogens is 264 g/mol. The maximum atomic E-state index is 12.6. The van der Waals surface area contributed by atoms with E-state index in [-0.39, 0.29) is 18.1 Å². The van der Waals surface area contributed by atoms with Crippen LogP contribution in [0.15, 0.2) is 0 Å². The van der Waals surface area contributed by atoms with Crippen LogP contribution in [-0.2, 0) is 9.53 Å². The maximum Gasteiger partial charge on any atom is 0.241 e. The van der Waals surface area contributed by atoms with Crippen LogP contribution in [0.1, 0.15) is 60.3 Å². The lowest BCUT2D eigenvalue weighted by Gasteiger charge is -2.25. The minimum atomic E-state index is 0.00492. The number of carbonyl (C=O) groups excluding carboxylic acids is 1. The second-order valence-electron chi connectivity index (χ2n) is 6.99. The molecule has 1 rings (SSSR count). The molecule has 0 saturated carbocycles. The molecule has 4 nitrogen and oxygen atoms in total. The van der Waals surface area contributed by atoms with Crippen molar-refractivity contribution in [3.63, 3.8) is 0 Å². The predicted molar refractivity (Wildman–Crippen MR) is 87.1 cm³/mol. The molecule has 2 atom stereocenters. The first kappa shape index (κ1) is 18.4. The molecule has 1 fully saturated rings. The van der Waals surface area contributed by atoms with Crippen LogP contribution in [0.2, 0.25) is 0 Å². The van der Waals surface area contributed by atoms with Gasteiger partial charge in [-0.15, -0.1) is 0 Å². The van der Waals surface area contributed by atoms with Crippen LogP contribution >= 0.6 is 0 Å². The van der Waals surface area contributed by atoms with Crippen LogP contribution in [0.25, 0.3) is 0 Å². The van der Waals surface area contributed by atoms with Crippen LogP contribution in [0.4, 0.5) is 0 Å². The van der Waals surface area contributed by atoms with Gasteiger partial charge >= 0.3 is 0 Å². The molecule has 0 bridgehead atoms. The lowest BCUT2D eigenvalue weighted by Crippen LogP contribution is -2.39. The van der Waals surface area contributed by atoms with E-state index < -0.39 is 0 Å². The quantitative estimate of drug-likeness (QED) is 0.630. The Kier molecular flexibility index (Phi) is 8.27. The average molecular weight is 298 g/mol. The molecule has 1 N–H and O–H groups in total. The van der Waals surface area contributed by atoms with Crippen LogP contribution in [0.3, 0.4) is 0 Å². The smallest absolute Gasteiger partial charge is 0.241 e. The minimum Gasteiger partial charge on any atom is -0.381 e. The Balaban J connectivity index is 2.51. The molecule has 0 aromatic carbocycles. The number of carbonyl (C=O) groups is 1. The third-order valence-corrected chi connectivity index (χ3v) is 3.79. The Morgan fingerprint density at radius 2 is 1.81 bits per heavy atom. The summed E-state index contributed by atoms with van der Waals surface area (Å²) in [7, 11) is 0. The van der Waals surface area contributed by atoms with Gasteiger partial charge < -0.3 is 9.64 Å². The van der Waals surface area contributed by atoms with Crippen LogP contribution < -0.4 is 5.32 Å². The summed E-state index contributed by atoms with van der Waals surface area (Å²) in [5.41, 5.74) is 0. The molecule has 2 unspecified atom stereocenters. The van der Waals surface area contributed by atoms with E-state index in [4.69, 9.17) is 4.74 Å². The van der Waals surface area contributed by atoms with Gasteiger partial charge in [0.1, 0.15) is 0 Å². The molecule has 124 valence electrons. The zero-order valence-electron chi connectivity index (χ0n) is 14.5. The highest BCUT2D eigenvalue weighted by Gasteiger charge is 2.38. The van der Waals surface area contributed by atoms with Crippen molar-refractivity contribution in [3.8, 4) is 0 Å². The highest BCUT2D eigenvalue weighted by atomic mass is 16.5. The Morgan fingerprint density at radius 1 is 1.14 bits per heavy atom. The Bertz CT molecular complexity index is 305. The third-order valence-electron chi connectivity index (χ3n) is 3.79. The summed E-state index contributed by atoms with van der Waals surface area (Å²) in [6.45, 7) is 13.3. The van der Waals surface area contributed by atoms with Crippen molar-refractivity contribution < 1.29 is 9.53 Å². The van der Waals surface area contributed by atoms with Crippen LogP contribution in [0.5, 0.6) is 0 Å². The van der Waals surface area contributed by atoms with E-state index in [1.807, 2.05) is 4.90 Å². The standard InChI is InChI=1S/C17H34N2O2/c1-6-9-21-10-7-8-19-16(12-14(4)5)18-15(17(19)20)11-13(2)3/h13-16,18H,6-12H2,1-5H3. The second-order valence-corrected chi connectivity index (χ2v) is 6.99. The van der Waals surface area contributed by atoms with E-state index in [2.05, 4.69) is 39.9 Å². The maximum absolute atomic E-state index is 12.6. The molecule has 1 aliphatic heterocycles. The van der Waals surface area contributed by atoms with E-state index >= 15 is 0 Å². The van der Waals surface area contributed by atoms with Crippen LogP contribution in [0, 0.1) is 11.8 Å². The summed E-state index contributed by atoms with van der Waals surface area (Å²) in [4.78, 5) is 14.6. The van der Waals surface area contributed by atoms with E-state index in [9.17, 15) is 4.79 Å². The minimum absolute atomic E-state index is 0.00492. The van der Waals surface area contributed by atoms with Crippen molar-refractivity contribution in [1.29, 1.82) is 0 Å². The largest absolute Gasteiger partial charge is 0.381 e. The summed E-state index contributed by atoms with van der Waals surface area (Å²) in [5.74, 6) is 1.41. The van der Waals surface area contributed by atoms with Gasteiger partial charge in [0.2, 0.25) is 5.91 Å². The van der Waals surface area contributed by atoms with Gasteiger partial charge in [-0.2, -0.15) is 0 Å². The molecular formula is C17H34N2O2. The fourth-order valence-electron chi connectivity index (χ4n) is 2.88. The average Bonchev–Trinajstić information content (AvgIpc) is 2.65. The first-order valence-electron chi connectivity index (χ1n) is 8.60. The summed E-state index contributed by atoms with van der Waals surface area (Å²) in [6, 6.07) is 0.00492. The number of hydrogen-bond acceptors (Lipinski definition) is 3.